The zero-order valence-electron chi connectivity index (χ0n) is 6.52. The van der Waals surface area contributed by atoms with Crippen LogP contribution >= 0.6 is 68.8 Å². The molecule has 14 heavy (non-hydrogen) atoms. The Hall–Kier alpha value is 0.810. The Labute approximate surface area is 111 Å². The molecule has 8 heteroatoms. The van der Waals surface area contributed by atoms with Gasteiger partial charge in [-0.3, -0.25) is 0 Å². The number of rotatable bonds is 2. The Morgan fingerprint density at radius 3 is 2.43 bits per heavy atom. The van der Waals surface area contributed by atoms with Gasteiger partial charge in [0.1, 0.15) is 0 Å². The first-order chi connectivity index (χ1) is 5.99. The molecule has 1 heterocycles. The van der Waals surface area contributed by atoms with Gasteiger partial charge in [-0.1, -0.05) is 34.8 Å². The summed E-state index contributed by atoms with van der Waals surface area (Å²) in [6.45, 7) is 0. The van der Waals surface area contributed by atoms with Crippen LogP contribution in [0.4, 0.5) is 0 Å². The predicted molar refractivity (Wildman–Crippen MR) is 66.4 cm³/mol. The van der Waals surface area contributed by atoms with Gasteiger partial charge in [-0.2, -0.15) is 4.73 Å². The fourth-order valence-electron chi connectivity index (χ4n) is 0.567. The third kappa shape index (κ3) is 5.63. The molecule has 0 bridgehead atoms. The van der Waals surface area contributed by atoms with Crippen molar-refractivity contribution in [2.75, 3.05) is 0 Å². The third-order valence-corrected chi connectivity index (χ3v) is 4.80. The van der Waals surface area contributed by atoms with Crippen molar-refractivity contribution >= 4 is 68.8 Å². The predicted octanol–water partition coefficient (Wildman–Crippen LogP) is 3.81. The lowest BCUT2D eigenvalue weighted by atomic mass is 10.5. The third-order valence-electron chi connectivity index (χ3n) is 1.01. The highest BCUT2D eigenvalue weighted by Crippen LogP contribution is 2.47. The second kappa shape index (κ2) is 6.40. The van der Waals surface area contributed by atoms with Crippen LogP contribution in [0, 0.1) is 5.21 Å². The highest BCUT2D eigenvalue weighted by Gasteiger charge is 2.23. The Kier molecular flexibility index (Phi) is 6.78. The SMILES string of the molecule is Cl.[O-][n+]1ccccc1SSC(Cl)(Cl)Cl. The van der Waals surface area contributed by atoms with Gasteiger partial charge in [0.25, 0.3) is 5.03 Å². The number of hydrogen-bond donors (Lipinski definition) is 0. The molecule has 0 aliphatic heterocycles. The van der Waals surface area contributed by atoms with Crippen molar-refractivity contribution in [1.82, 2.24) is 0 Å². The van der Waals surface area contributed by atoms with E-state index in [0.29, 0.717) is 9.76 Å². The van der Waals surface area contributed by atoms with E-state index >= 15 is 0 Å². The zero-order valence-corrected chi connectivity index (χ0v) is 11.2. The molecular formula is C6H5Cl4NOS2. The number of halogens is 4. The van der Waals surface area contributed by atoms with Gasteiger partial charge in [0.15, 0.2) is 6.20 Å². The van der Waals surface area contributed by atoms with E-state index in [2.05, 4.69) is 0 Å². The second-order valence-electron chi connectivity index (χ2n) is 1.98. The van der Waals surface area contributed by atoms with E-state index in [1.165, 1.54) is 6.20 Å². The van der Waals surface area contributed by atoms with E-state index in [1.54, 1.807) is 18.2 Å². The summed E-state index contributed by atoms with van der Waals surface area (Å²) >= 11 is 16.5. The maximum atomic E-state index is 11.1. The normalized spacial score (nSPS) is 10.8. The van der Waals surface area contributed by atoms with Gasteiger partial charge >= 0.3 is 0 Å². The maximum absolute atomic E-state index is 11.1. The fourth-order valence-corrected chi connectivity index (χ4v) is 2.79. The standard InChI is InChI=1S/C6H4Cl3NOS2.ClH/c7-6(8,9)13-12-5-3-1-2-4-10(5)11;/h1-4H;1H. The van der Waals surface area contributed by atoms with Crippen molar-refractivity contribution in [2.24, 2.45) is 0 Å². The van der Waals surface area contributed by atoms with E-state index in [-0.39, 0.29) is 12.4 Å². The summed E-state index contributed by atoms with van der Waals surface area (Å²) in [6.07, 6.45) is 1.39. The summed E-state index contributed by atoms with van der Waals surface area (Å²) in [6, 6.07) is 5.04. The minimum Gasteiger partial charge on any atom is -0.618 e. The van der Waals surface area contributed by atoms with Crippen LogP contribution < -0.4 is 4.73 Å². The van der Waals surface area contributed by atoms with Crippen molar-refractivity contribution in [3.05, 3.63) is 29.6 Å². The van der Waals surface area contributed by atoms with Gasteiger partial charge in [-0.15, -0.1) is 12.4 Å². The molecular weight excluding hydrogens is 308 g/mol. The molecule has 1 rings (SSSR count). The summed E-state index contributed by atoms with van der Waals surface area (Å²) in [5.74, 6) is 0. The summed E-state index contributed by atoms with van der Waals surface area (Å²) in [7, 11) is 2.12. The molecule has 0 N–H and O–H groups in total. The molecule has 0 amide bonds. The average Bonchev–Trinajstić information content (AvgIpc) is 2.01. The van der Waals surface area contributed by atoms with Gasteiger partial charge in [0.05, 0.1) is 0 Å². The molecule has 1 aromatic rings. The van der Waals surface area contributed by atoms with Crippen molar-refractivity contribution in [2.45, 2.75) is 8.15 Å². The van der Waals surface area contributed by atoms with Crippen molar-refractivity contribution in [3.8, 4) is 0 Å². The topological polar surface area (TPSA) is 26.9 Å². The van der Waals surface area contributed by atoms with Gasteiger partial charge in [-0.05, 0) is 16.9 Å². The van der Waals surface area contributed by atoms with Crippen molar-refractivity contribution in [1.29, 1.82) is 0 Å². The summed E-state index contributed by atoms with van der Waals surface area (Å²) in [5, 5.41) is 11.6. The second-order valence-corrected chi connectivity index (χ2v) is 7.29. The molecule has 0 fully saturated rings. The Morgan fingerprint density at radius 1 is 1.29 bits per heavy atom. The Balaban J connectivity index is 0.00000169. The minimum absolute atomic E-state index is 0. The molecule has 0 saturated heterocycles. The highest BCUT2D eigenvalue weighted by atomic mass is 35.6. The van der Waals surface area contributed by atoms with E-state index in [9.17, 15) is 5.21 Å². The monoisotopic (exact) mass is 311 g/mol. The molecule has 0 atom stereocenters. The Morgan fingerprint density at radius 2 is 1.93 bits per heavy atom. The number of nitrogens with zero attached hydrogens (tertiary/aromatic N) is 1. The maximum Gasteiger partial charge on any atom is 0.262 e. The van der Waals surface area contributed by atoms with E-state index in [1.807, 2.05) is 0 Å². The van der Waals surface area contributed by atoms with Crippen LogP contribution in [0.15, 0.2) is 29.4 Å². The Bertz CT molecular complexity index is 293. The summed E-state index contributed by atoms with van der Waals surface area (Å²) in [5.41, 5.74) is 0. The lowest BCUT2D eigenvalue weighted by Gasteiger charge is -2.07. The lowest BCUT2D eigenvalue weighted by Crippen LogP contribution is -2.27. The first-order valence-electron chi connectivity index (χ1n) is 3.09. The molecule has 0 saturated carbocycles. The summed E-state index contributed by atoms with van der Waals surface area (Å²) in [4.78, 5) is 0. The largest absolute Gasteiger partial charge is 0.618 e. The first-order valence-corrected chi connectivity index (χ1v) is 6.38. The molecule has 0 aromatic carbocycles. The zero-order chi connectivity index (χ0) is 9.90. The van der Waals surface area contributed by atoms with Crippen LogP contribution in [0.25, 0.3) is 0 Å². The number of hydrogen-bond acceptors (Lipinski definition) is 3. The van der Waals surface area contributed by atoms with Crippen LogP contribution in [-0.4, -0.2) is 3.12 Å². The van der Waals surface area contributed by atoms with Gasteiger partial charge in [0, 0.05) is 22.9 Å². The number of aromatic nitrogens is 1. The lowest BCUT2D eigenvalue weighted by molar-refractivity contribution is -0.645. The van der Waals surface area contributed by atoms with E-state index < -0.39 is 3.12 Å². The summed E-state index contributed by atoms with van der Waals surface area (Å²) < 4.78 is -0.693. The highest BCUT2D eigenvalue weighted by molar-refractivity contribution is 8.78. The van der Waals surface area contributed by atoms with Gasteiger partial charge < -0.3 is 5.21 Å². The van der Waals surface area contributed by atoms with Crippen LogP contribution in [0.2, 0.25) is 0 Å². The molecule has 2 nitrogen and oxygen atoms in total. The van der Waals surface area contributed by atoms with Gasteiger partial charge in [-0.25, -0.2) is 0 Å². The number of alkyl halides is 3. The fraction of sp³-hybridized carbons (Fsp3) is 0.167. The average molecular weight is 313 g/mol. The molecule has 0 radical (unpaired) electrons. The van der Waals surface area contributed by atoms with Crippen LogP contribution in [0.1, 0.15) is 0 Å². The minimum atomic E-state index is -1.41. The van der Waals surface area contributed by atoms with Crippen molar-refractivity contribution < 1.29 is 4.73 Å². The quantitative estimate of drug-likeness (QED) is 0.359. The molecule has 0 aliphatic carbocycles. The van der Waals surface area contributed by atoms with Crippen molar-refractivity contribution in [3.63, 3.8) is 0 Å². The van der Waals surface area contributed by atoms with E-state index in [0.717, 1.165) is 21.6 Å². The number of pyridine rings is 1. The molecule has 0 spiro atoms. The van der Waals surface area contributed by atoms with Crippen LogP contribution in [0.3, 0.4) is 0 Å². The first kappa shape index (κ1) is 14.8. The van der Waals surface area contributed by atoms with Crippen LogP contribution in [-0.2, 0) is 0 Å². The molecule has 0 unspecified atom stereocenters. The smallest absolute Gasteiger partial charge is 0.262 e. The van der Waals surface area contributed by atoms with Gasteiger partial charge in [0.2, 0.25) is 3.12 Å². The van der Waals surface area contributed by atoms with Crippen LogP contribution in [0.5, 0.6) is 0 Å². The molecule has 80 valence electrons. The molecule has 1 aromatic heterocycles. The molecule has 0 aliphatic rings. The van der Waals surface area contributed by atoms with E-state index in [4.69, 9.17) is 34.8 Å².